The lowest BCUT2D eigenvalue weighted by molar-refractivity contribution is -0.136. The van der Waals surface area contributed by atoms with E-state index in [2.05, 4.69) is 17.9 Å². The Morgan fingerprint density at radius 3 is 2.88 bits per heavy atom. The summed E-state index contributed by atoms with van der Waals surface area (Å²) in [5.74, 6) is -0.757. The van der Waals surface area contributed by atoms with Crippen molar-refractivity contribution in [3.05, 3.63) is 35.4 Å². The van der Waals surface area contributed by atoms with Gasteiger partial charge in [0.05, 0.1) is 6.42 Å². The molecule has 0 spiro atoms. The van der Waals surface area contributed by atoms with E-state index in [0.717, 1.165) is 30.6 Å². The third-order valence-corrected chi connectivity index (χ3v) is 2.90. The quantitative estimate of drug-likeness (QED) is 0.866. The van der Waals surface area contributed by atoms with Crippen LogP contribution in [-0.2, 0) is 4.79 Å². The summed E-state index contributed by atoms with van der Waals surface area (Å²) < 4.78 is 0. The van der Waals surface area contributed by atoms with Gasteiger partial charge in [-0.15, -0.1) is 0 Å². The minimum absolute atomic E-state index is 0.133. The second kappa shape index (κ2) is 5.04. The van der Waals surface area contributed by atoms with Gasteiger partial charge >= 0.3 is 5.97 Å². The Hall–Kier alpha value is -1.77. The van der Waals surface area contributed by atoms with E-state index in [1.165, 1.54) is 5.69 Å². The van der Waals surface area contributed by atoms with Gasteiger partial charge in [-0.05, 0) is 23.6 Å². The number of carbonyl (C=O) groups is 1. The minimum Gasteiger partial charge on any atom is -0.481 e. The summed E-state index contributed by atoms with van der Waals surface area (Å²) in [5, 5.41) is 8.87. The molecule has 3 nitrogen and oxygen atoms in total. The molecule has 1 aliphatic rings. The second-order valence-corrected chi connectivity index (χ2v) is 4.35. The number of para-hydroxylation sites is 1. The van der Waals surface area contributed by atoms with E-state index in [0.29, 0.717) is 0 Å². The third-order valence-electron chi connectivity index (χ3n) is 2.90. The van der Waals surface area contributed by atoms with Crippen LogP contribution in [0, 0.1) is 0 Å². The van der Waals surface area contributed by atoms with Crippen LogP contribution in [-0.4, -0.2) is 24.2 Å². The molecule has 0 atom stereocenters. The fraction of sp³-hybridized carbons (Fsp3) is 0.357. The predicted octanol–water partition coefficient (Wildman–Crippen LogP) is 2.77. The molecule has 0 unspecified atom stereocenters. The number of carboxylic acid groups (broad SMARTS) is 1. The Labute approximate surface area is 101 Å². The van der Waals surface area contributed by atoms with E-state index in [-0.39, 0.29) is 6.42 Å². The molecule has 0 bridgehead atoms. The first kappa shape index (κ1) is 11.7. The maximum Gasteiger partial charge on any atom is 0.307 e. The monoisotopic (exact) mass is 231 g/mol. The van der Waals surface area contributed by atoms with E-state index >= 15 is 0 Å². The van der Waals surface area contributed by atoms with Crippen molar-refractivity contribution in [1.29, 1.82) is 0 Å². The molecular formula is C14H17NO2. The van der Waals surface area contributed by atoms with Gasteiger partial charge in [0.1, 0.15) is 0 Å². The SMILES string of the molecule is CCCN1CC(CC(=O)O)=Cc2ccccc21. The number of carboxylic acids is 1. The van der Waals surface area contributed by atoms with Crippen molar-refractivity contribution in [3.63, 3.8) is 0 Å². The number of nitrogens with zero attached hydrogens (tertiary/aromatic N) is 1. The molecule has 1 heterocycles. The molecule has 0 saturated heterocycles. The summed E-state index contributed by atoms with van der Waals surface area (Å²) in [6.45, 7) is 3.84. The summed E-state index contributed by atoms with van der Waals surface area (Å²) >= 11 is 0. The molecule has 1 aromatic rings. The normalized spacial score (nSPS) is 14.2. The maximum atomic E-state index is 10.8. The van der Waals surface area contributed by atoms with Gasteiger partial charge in [0.25, 0.3) is 0 Å². The Balaban J connectivity index is 2.30. The van der Waals surface area contributed by atoms with Gasteiger partial charge in [0.2, 0.25) is 0 Å². The van der Waals surface area contributed by atoms with Gasteiger partial charge < -0.3 is 10.0 Å². The highest BCUT2D eigenvalue weighted by molar-refractivity contribution is 5.78. The molecule has 1 aromatic carbocycles. The van der Waals surface area contributed by atoms with Crippen LogP contribution in [0.1, 0.15) is 25.3 Å². The van der Waals surface area contributed by atoms with E-state index < -0.39 is 5.97 Å². The highest BCUT2D eigenvalue weighted by Gasteiger charge is 2.18. The van der Waals surface area contributed by atoms with E-state index in [4.69, 9.17) is 5.11 Å². The van der Waals surface area contributed by atoms with Crippen molar-refractivity contribution in [2.45, 2.75) is 19.8 Å². The minimum atomic E-state index is -0.757. The number of anilines is 1. The average molecular weight is 231 g/mol. The first-order valence-electron chi connectivity index (χ1n) is 5.96. The van der Waals surface area contributed by atoms with Gasteiger partial charge in [-0.3, -0.25) is 4.79 Å². The zero-order valence-electron chi connectivity index (χ0n) is 10.0. The molecule has 0 aliphatic carbocycles. The standard InChI is InChI=1S/C14H17NO2/c1-2-7-15-10-11(9-14(16)17)8-12-5-3-4-6-13(12)15/h3-6,8H,2,7,9-10H2,1H3,(H,16,17). The van der Waals surface area contributed by atoms with Crippen LogP contribution in [0.15, 0.2) is 29.8 Å². The average Bonchev–Trinajstić information content (AvgIpc) is 2.28. The van der Waals surface area contributed by atoms with Crippen molar-refractivity contribution in [3.8, 4) is 0 Å². The van der Waals surface area contributed by atoms with Crippen LogP contribution >= 0.6 is 0 Å². The van der Waals surface area contributed by atoms with Crippen molar-refractivity contribution >= 4 is 17.7 Å². The zero-order chi connectivity index (χ0) is 12.3. The summed E-state index contributed by atoms with van der Waals surface area (Å²) in [4.78, 5) is 13.0. The molecule has 1 aliphatic heterocycles. The smallest absolute Gasteiger partial charge is 0.307 e. The lowest BCUT2D eigenvalue weighted by Crippen LogP contribution is -2.30. The molecule has 17 heavy (non-hydrogen) atoms. The van der Waals surface area contributed by atoms with Crippen molar-refractivity contribution < 1.29 is 9.90 Å². The van der Waals surface area contributed by atoms with Crippen molar-refractivity contribution in [1.82, 2.24) is 0 Å². The van der Waals surface area contributed by atoms with E-state index in [1.807, 2.05) is 24.3 Å². The molecule has 90 valence electrons. The molecule has 3 heteroatoms. The summed E-state index contributed by atoms with van der Waals surface area (Å²) in [6.07, 6.45) is 3.21. The second-order valence-electron chi connectivity index (χ2n) is 4.35. The van der Waals surface area contributed by atoms with Crippen molar-refractivity contribution in [2.75, 3.05) is 18.0 Å². The number of benzene rings is 1. The molecule has 0 aromatic heterocycles. The maximum absolute atomic E-state index is 10.8. The number of rotatable bonds is 4. The summed E-state index contributed by atoms with van der Waals surface area (Å²) in [7, 11) is 0. The van der Waals surface area contributed by atoms with Gasteiger partial charge in [-0.2, -0.15) is 0 Å². The first-order chi connectivity index (χ1) is 8.20. The largest absolute Gasteiger partial charge is 0.481 e. The number of hydrogen-bond acceptors (Lipinski definition) is 2. The highest BCUT2D eigenvalue weighted by Crippen LogP contribution is 2.29. The Bertz CT molecular complexity index is 451. The Kier molecular flexibility index (Phi) is 3.47. The van der Waals surface area contributed by atoms with Crippen LogP contribution in [0.3, 0.4) is 0 Å². The van der Waals surface area contributed by atoms with Gasteiger partial charge in [-0.1, -0.05) is 31.2 Å². The highest BCUT2D eigenvalue weighted by atomic mass is 16.4. The number of hydrogen-bond donors (Lipinski definition) is 1. The third kappa shape index (κ3) is 2.67. The summed E-state index contributed by atoms with van der Waals surface area (Å²) in [5.41, 5.74) is 3.32. The Morgan fingerprint density at radius 1 is 1.41 bits per heavy atom. The lowest BCUT2D eigenvalue weighted by atomic mass is 10.0. The Morgan fingerprint density at radius 2 is 2.18 bits per heavy atom. The molecule has 0 saturated carbocycles. The zero-order valence-corrected chi connectivity index (χ0v) is 10.0. The van der Waals surface area contributed by atoms with Crippen LogP contribution in [0.2, 0.25) is 0 Å². The molecule has 0 amide bonds. The van der Waals surface area contributed by atoms with Crippen LogP contribution < -0.4 is 4.90 Å². The fourth-order valence-corrected chi connectivity index (χ4v) is 2.26. The number of aliphatic carboxylic acids is 1. The van der Waals surface area contributed by atoms with E-state index in [1.54, 1.807) is 0 Å². The fourth-order valence-electron chi connectivity index (χ4n) is 2.26. The molecule has 0 radical (unpaired) electrons. The molecular weight excluding hydrogens is 214 g/mol. The molecule has 0 fully saturated rings. The van der Waals surface area contributed by atoms with Crippen molar-refractivity contribution in [2.24, 2.45) is 0 Å². The van der Waals surface area contributed by atoms with Crippen LogP contribution in [0.25, 0.3) is 6.08 Å². The van der Waals surface area contributed by atoms with Gasteiger partial charge in [0, 0.05) is 18.8 Å². The molecule has 2 rings (SSSR count). The van der Waals surface area contributed by atoms with Gasteiger partial charge in [-0.25, -0.2) is 0 Å². The van der Waals surface area contributed by atoms with Crippen LogP contribution in [0.4, 0.5) is 5.69 Å². The van der Waals surface area contributed by atoms with Crippen LogP contribution in [0.5, 0.6) is 0 Å². The predicted molar refractivity (Wildman–Crippen MR) is 69.2 cm³/mol. The first-order valence-corrected chi connectivity index (χ1v) is 5.96. The van der Waals surface area contributed by atoms with Gasteiger partial charge in [0.15, 0.2) is 0 Å². The molecule has 1 N–H and O–H groups in total. The topological polar surface area (TPSA) is 40.5 Å². The lowest BCUT2D eigenvalue weighted by Gasteiger charge is -2.30. The number of fused-ring (bicyclic) bond motifs is 1. The summed E-state index contributed by atoms with van der Waals surface area (Å²) in [6, 6.07) is 8.15. The van der Waals surface area contributed by atoms with E-state index in [9.17, 15) is 4.79 Å².